The Morgan fingerprint density at radius 1 is 1.00 bits per heavy atom. The van der Waals surface area contributed by atoms with Gasteiger partial charge in [-0.15, -0.1) is 0 Å². The van der Waals surface area contributed by atoms with Crippen LogP contribution < -0.4 is 5.32 Å². The van der Waals surface area contributed by atoms with Crippen LogP contribution in [0.1, 0.15) is 21.6 Å². The summed E-state index contributed by atoms with van der Waals surface area (Å²) in [6.07, 6.45) is 1.83. The van der Waals surface area contributed by atoms with Crippen LogP contribution in [0, 0.1) is 5.82 Å². The van der Waals surface area contributed by atoms with Crippen molar-refractivity contribution in [1.82, 2.24) is 14.2 Å². The number of carbonyl (C=O) groups is 1. The molecule has 0 spiro atoms. The molecule has 3 aromatic rings. The van der Waals surface area contributed by atoms with Gasteiger partial charge in [-0.3, -0.25) is 4.79 Å². The Morgan fingerprint density at radius 2 is 1.72 bits per heavy atom. The SMILES string of the molecule is O=C(NCc1cccn1Cc1ccccc1F)c1ccc(S(=O)(=O)N2CCOCC2)cc1. The number of benzene rings is 2. The second-order valence-corrected chi connectivity index (χ2v) is 9.38. The van der Waals surface area contributed by atoms with Crippen molar-refractivity contribution >= 4 is 15.9 Å². The molecule has 0 atom stereocenters. The zero-order valence-electron chi connectivity index (χ0n) is 17.4. The van der Waals surface area contributed by atoms with Crippen LogP contribution in [-0.2, 0) is 27.8 Å². The summed E-state index contributed by atoms with van der Waals surface area (Å²) in [5.74, 6) is -0.595. The van der Waals surface area contributed by atoms with Crippen molar-refractivity contribution in [3.63, 3.8) is 0 Å². The second kappa shape index (κ2) is 9.64. The lowest BCUT2D eigenvalue weighted by molar-refractivity contribution is 0.0730. The van der Waals surface area contributed by atoms with Crippen LogP contribution in [0.25, 0.3) is 0 Å². The van der Waals surface area contributed by atoms with E-state index in [1.54, 1.807) is 18.2 Å². The largest absolute Gasteiger partial charge is 0.379 e. The van der Waals surface area contributed by atoms with Crippen LogP contribution in [0.15, 0.2) is 71.8 Å². The average molecular weight is 458 g/mol. The molecule has 2 heterocycles. The van der Waals surface area contributed by atoms with E-state index >= 15 is 0 Å². The molecule has 0 unspecified atom stereocenters. The summed E-state index contributed by atoms with van der Waals surface area (Å²) in [7, 11) is -3.60. The van der Waals surface area contributed by atoms with Crippen LogP contribution >= 0.6 is 0 Å². The minimum atomic E-state index is -3.60. The monoisotopic (exact) mass is 457 g/mol. The Bertz CT molecular complexity index is 1190. The van der Waals surface area contributed by atoms with Gasteiger partial charge in [0.25, 0.3) is 5.91 Å². The van der Waals surface area contributed by atoms with Crippen molar-refractivity contribution in [2.24, 2.45) is 0 Å². The van der Waals surface area contributed by atoms with E-state index < -0.39 is 10.0 Å². The molecule has 1 saturated heterocycles. The molecule has 1 N–H and O–H groups in total. The number of halogens is 1. The van der Waals surface area contributed by atoms with E-state index in [-0.39, 0.29) is 23.2 Å². The lowest BCUT2D eigenvalue weighted by atomic mass is 10.2. The highest BCUT2D eigenvalue weighted by molar-refractivity contribution is 7.89. The Hall–Kier alpha value is -3.01. The van der Waals surface area contributed by atoms with Gasteiger partial charge < -0.3 is 14.6 Å². The highest BCUT2D eigenvalue weighted by Crippen LogP contribution is 2.18. The van der Waals surface area contributed by atoms with Crippen LogP contribution in [0.5, 0.6) is 0 Å². The van der Waals surface area contributed by atoms with Gasteiger partial charge in [0.2, 0.25) is 10.0 Å². The van der Waals surface area contributed by atoms with E-state index in [9.17, 15) is 17.6 Å². The number of rotatable bonds is 7. The molecule has 0 bridgehead atoms. The lowest BCUT2D eigenvalue weighted by Gasteiger charge is -2.26. The van der Waals surface area contributed by atoms with E-state index in [1.165, 1.54) is 34.6 Å². The zero-order chi connectivity index (χ0) is 22.6. The normalized spacial score (nSPS) is 14.9. The van der Waals surface area contributed by atoms with Crippen LogP contribution in [0.2, 0.25) is 0 Å². The average Bonchev–Trinajstić information content (AvgIpc) is 3.26. The number of carbonyl (C=O) groups excluding carboxylic acids is 1. The van der Waals surface area contributed by atoms with Crippen LogP contribution in [0.4, 0.5) is 4.39 Å². The molecule has 7 nitrogen and oxygen atoms in total. The molecule has 1 aromatic heterocycles. The first-order valence-electron chi connectivity index (χ1n) is 10.3. The smallest absolute Gasteiger partial charge is 0.251 e. The van der Waals surface area contributed by atoms with Gasteiger partial charge in [0.05, 0.1) is 31.2 Å². The van der Waals surface area contributed by atoms with Crippen molar-refractivity contribution in [3.05, 3.63) is 89.5 Å². The van der Waals surface area contributed by atoms with Gasteiger partial charge in [0.15, 0.2) is 0 Å². The fourth-order valence-corrected chi connectivity index (χ4v) is 4.97. The van der Waals surface area contributed by atoms with Crippen molar-refractivity contribution in [1.29, 1.82) is 0 Å². The molecule has 1 fully saturated rings. The molecule has 1 aliphatic rings. The number of nitrogens with zero attached hydrogens (tertiary/aromatic N) is 2. The van der Waals surface area contributed by atoms with Gasteiger partial charge in [-0.2, -0.15) is 4.31 Å². The van der Waals surface area contributed by atoms with Crippen molar-refractivity contribution in [2.75, 3.05) is 26.3 Å². The molecule has 1 amide bonds. The molecular weight excluding hydrogens is 433 g/mol. The minimum Gasteiger partial charge on any atom is -0.379 e. The molecule has 0 aliphatic carbocycles. The van der Waals surface area contributed by atoms with E-state index in [2.05, 4.69) is 5.32 Å². The molecule has 4 rings (SSSR count). The molecular formula is C23H24FN3O4S. The summed E-state index contributed by atoms with van der Waals surface area (Å²) in [6.45, 7) is 2.00. The summed E-state index contributed by atoms with van der Waals surface area (Å²) in [6, 6.07) is 16.2. The molecule has 2 aromatic carbocycles. The lowest BCUT2D eigenvalue weighted by Crippen LogP contribution is -2.40. The standard InChI is InChI=1S/C23H24FN3O4S/c24-22-6-2-1-4-19(22)17-26-11-3-5-20(26)16-25-23(28)18-7-9-21(10-8-18)32(29,30)27-12-14-31-15-13-27/h1-11H,12-17H2,(H,25,28). The van der Waals surface area contributed by atoms with Gasteiger partial charge in [-0.25, -0.2) is 12.8 Å². The number of nitrogens with one attached hydrogen (secondary N) is 1. The zero-order valence-corrected chi connectivity index (χ0v) is 18.2. The van der Waals surface area contributed by atoms with Crippen molar-refractivity contribution in [2.45, 2.75) is 18.0 Å². The van der Waals surface area contributed by atoms with Gasteiger partial charge in [-0.1, -0.05) is 18.2 Å². The van der Waals surface area contributed by atoms with Crippen LogP contribution in [-0.4, -0.2) is 49.5 Å². The third-order valence-electron chi connectivity index (χ3n) is 5.38. The molecule has 0 saturated carbocycles. The summed E-state index contributed by atoms with van der Waals surface area (Å²) in [5.41, 5.74) is 1.75. The summed E-state index contributed by atoms with van der Waals surface area (Å²) in [5, 5.41) is 2.83. The highest BCUT2D eigenvalue weighted by Gasteiger charge is 2.26. The maximum absolute atomic E-state index is 13.9. The summed E-state index contributed by atoms with van der Waals surface area (Å²) < 4.78 is 47.8. The Morgan fingerprint density at radius 3 is 2.44 bits per heavy atom. The molecule has 1 aliphatic heterocycles. The number of sulfonamides is 1. The Balaban J connectivity index is 1.39. The summed E-state index contributed by atoms with van der Waals surface area (Å²) in [4.78, 5) is 12.7. The second-order valence-electron chi connectivity index (χ2n) is 7.44. The van der Waals surface area contributed by atoms with Gasteiger partial charge in [0, 0.05) is 36.1 Å². The summed E-state index contributed by atoms with van der Waals surface area (Å²) >= 11 is 0. The minimum absolute atomic E-state index is 0.148. The first-order valence-corrected chi connectivity index (χ1v) is 11.7. The van der Waals surface area contributed by atoms with Gasteiger partial charge in [-0.05, 0) is 42.5 Å². The van der Waals surface area contributed by atoms with E-state index in [0.717, 1.165) is 5.69 Å². The number of hydrogen-bond donors (Lipinski definition) is 1. The molecule has 32 heavy (non-hydrogen) atoms. The number of aromatic nitrogens is 1. The maximum Gasteiger partial charge on any atom is 0.251 e. The topological polar surface area (TPSA) is 80.6 Å². The number of ether oxygens (including phenoxy) is 1. The van der Waals surface area contributed by atoms with Crippen LogP contribution in [0.3, 0.4) is 0 Å². The molecule has 0 radical (unpaired) electrons. The van der Waals surface area contributed by atoms with E-state index in [0.29, 0.717) is 44.0 Å². The molecule has 9 heteroatoms. The predicted octanol–water partition coefficient (Wildman–Crippen LogP) is 2.63. The number of amides is 1. The maximum atomic E-state index is 13.9. The van der Waals surface area contributed by atoms with Gasteiger partial charge >= 0.3 is 0 Å². The van der Waals surface area contributed by atoms with E-state index in [4.69, 9.17) is 4.74 Å². The fourth-order valence-electron chi connectivity index (χ4n) is 3.56. The third-order valence-corrected chi connectivity index (χ3v) is 7.29. The van der Waals surface area contributed by atoms with Crippen molar-refractivity contribution < 1.29 is 22.3 Å². The number of morpholine rings is 1. The highest BCUT2D eigenvalue weighted by atomic mass is 32.2. The first-order chi connectivity index (χ1) is 15.4. The predicted molar refractivity (Wildman–Crippen MR) is 117 cm³/mol. The van der Waals surface area contributed by atoms with Gasteiger partial charge in [0.1, 0.15) is 5.82 Å². The van der Waals surface area contributed by atoms with E-state index in [1.807, 2.05) is 22.9 Å². The van der Waals surface area contributed by atoms with Crippen molar-refractivity contribution in [3.8, 4) is 0 Å². The molecule has 168 valence electrons. The quantitative estimate of drug-likeness (QED) is 0.592. The Kier molecular flexibility index (Phi) is 6.69. The first kappa shape index (κ1) is 22.2. The number of hydrogen-bond acceptors (Lipinski definition) is 4. The third kappa shape index (κ3) is 4.90. The fraction of sp³-hybridized carbons (Fsp3) is 0.261. The Labute approximate surface area is 186 Å².